The summed E-state index contributed by atoms with van der Waals surface area (Å²) in [5.41, 5.74) is 2.41. The van der Waals surface area contributed by atoms with E-state index in [1.165, 1.54) is 25.3 Å². The number of nitrogens with one attached hydrogen (secondary N) is 1. The molecule has 2 aromatic carbocycles. The summed E-state index contributed by atoms with van der Waals surface area (Å²) < 4.78 is 0. The summed E-state index contributed by atoms with van der Waals surface area (Å²) in [5.74, 6) is 0.122. The number of halogens is 1. The fourth-order valence-corrected chi connectivity index (χ4v) is 2.43. The van der Waals surface area contributed by atoms with E-state index in [0.717, 1.165) is 24.1 Å². The SMILES string of the molecule is N=C1CCCCC1.Oc1ccc(Cl)cc1/N=C/c1ccccc1. The number of phenolic OH excluding ortho intramolecular Hbond substituents is 1. The van der Waals surface area contributed by atoms with Crippen molar-refractivity contribution >= 4 is 29.2 Å². The van der Waals surface area contributed by atoms with E-state index in [-0.39, 0.29) is 5.75 Å². The van der Waals surface area contributed by atoms with Crippen molar-refractivity contribution in [3.63, 3.8) is 0 Å². The summed E-state index contributed by atoms with van der Waals surface area (Å²) in [6.07, 6.45) is 7.70. The number of aliphatic imine (C=N–C) groups is 1. The summed E-state index contributed by atoms with van der Waals surface area (Å²) >= 11 is 5.81. The van der Waals surface area contributed by atoms with Gasteiger partial charge in [-0.3, -0.25) is 4.99 Å². The van der Waals surface area contributed by atoms with Gasteiger partial charge < -0.3 is 10.5 Å². The van der Waals surface area contributed by atoms with Gasteiger partial charge in [-0.2, -0.15) is 0 Å². The van der Waals surface area contributed by atoms with E-state index in [1.807, 2.05) is 30.3 Å². The van der Waals surface area contributed by atoms with Gasteiger partial charge in [0.25, 0.3) is 0 Å². The molecule has 0 aliphatic heterocycles. The quantitative estimate of drug-likeness (QED) is 0.676. The van der Waals surface area contributed by atoms with E-state index < -0.39 is 0 Å². The molecule has 23 heavy (non-hydrogen) atoms. The van der Waals surface area contributed by atoms with Crippen molar-refractivity contribution in [1.29, 1.82) is 5.41 Å². The van der Waals surface area contributed by atoms with E-state index in [4.69, 9.17) is 17.0 Å². The smallest absolute Gasteiger partial charge is 0.141 e. The van der Waals surface area contributed by atoms with Gasteiger partial charge in [-0.05, 0) is 49.4 Å². The Balaban J connectivity index is 0.000000229. The number of hydrogen-bond acceptors (Lipinski definition) is 3. The molecule has 0 aromatic heterocycles. The topological polar surface area (TPSA) is 56.4 Å². The van der Waals surface area contributed by atoms with Crippen molar-refractivity contribution in [2.45, 2.75) is 32.1 Å². The third-order valence-corrected chi connectivity index (χ3v) is 3.78. The van der Waals surface area contributed by atoms with Crippen molar-refractivity contribution in [3.05, 3.63) is 59.1 Å². The minimum absolute atomic E-state index is 0.122. The predicted octanol–water partition coefficient (Wildman–Crippen LogP) is 5.77. The van der Waals surface area contributed by atoms with Gasteiger partial charge in [0.15, 0.2) is 0 Å². The first kappa shape index (κ1) is 17.2. The lowest BCUT2D eigenvalue weighted by Gasteiger charge is -2.08. The lowest BCUT2D eigenvalue weighted by atomic mass is 9.99. The lowest BCUT2D eigenvalue weighted by molar-refractivity contribution is 0.477. The van der Waals surface area contributed by atoms with Gasteiger partial charge in [-0.15, -0.1) is 0 Å². The number of benzene rings is 2. The maximum Gasteiger partial charge on any atom is 0.141 e. The van der Waals surface area contributed by atoms with E-state index >= 15 is 0 Å². The molecule has 2 aromatic rings. The third kappa shape index (κ3) is 6.25. The number of aromatic hydroxyl groups is 1. The Labute approximate surface area is 142 Å². The van der Waals surface area contributed by atoms with E-state index in [0.29, 0.717) is 10.7 Å². The third-order valence-electron chi connectivity index (χ3n) is 3.55. The molecule has 0 bridgehead atoms. The minimum Gasteiger partial charge on any atom is -0.506 e. The van der Waals surface area contributed by atoms with E-state index in [2.05, 4.69) is 4.99 Å². The van der Waals surface area contributed by atoms with Crippen LogP contribution < -0.4 is 0 Å². The zero-order chi connectivity index (χ0) is 16.5. The molecule has 0 unspecified atom stereocenters. The first-order valence-electron chi connectivity index (χ1n) is 7.79. The molecule has 3 rings (SSSR count). The van der Waals surface area contributed by atoms with Crippen LogP contribution in [0.1, 0.15) is 37.7 Å². The molecule has 0 radical (unpaired) electrons. The molecule has 120 valence electrons. The van der Waals surface area contributed by atoms with Crippen LogP contribution in [0.3, 0.4) is 0 Å². The molecule has 0 atom stereocenters. The molecule has 2 N–H and O–H groups in total. The number of rotatable bonds is 2. The highest BCUT2D eigenvalue weighted by Crippen LogP contribution is 2.29. The average Bonchev–Trinajstić information content (AvgIpc) is 2.58. The fourth-order valence-electron chi connectivity index (χ4n) is 2.26. The van der Waals surface area contributed by atoms with Crippen molar-refractivity contribution < 1.29 is 5.11 Å². The van der Waals surface area contributed by atoms with Gasteiger partial charge in [-0.1, -0.05) is 48.4 Å². The van der Waals surface area contributed by atoms with Crippen LogP contribution in [0.4, 0.5) is 5.69 Å². The van der Waals surface area contributed by atoms with Crippen LogP contribution in [0.2, 0.25) is 5.02 Å². The lowest BCUT2D eigenvalue weighted by Crippen LogP contribution is -2.01. The van der Waals surface area contributed by atoms with Crippen molar-refractivity contribution in [2.75, 3.05) is 0 Å². The highest BCUT2D eigenvalue weighted by molar-refractivity contribution is 6.30. The first-order chi connectivity index (χ1) is 11.1. The maximum atomic E-state index is 9.54. The van der Waals surface area contributed by atoms with Crippen LogP contribution >= 0.6 is 11.6 Å². The normalized spacial score (nSPS) is 14.4. The Kier molecular flexibility index (Phi) is 6.82. The molecule has 1 fully saturated rings. The fraction of sp³-hybridized carbons (Fsp3) is 0.263. The summed E-state index contributed by atoms with van der Waals surface area (Å²) in [7, 11) is 0. The Bertz CT molecular complexity index is 660. The van der Waals surface area contributed by atoms with Gasteiger partial charge in [0.1, 0.15) is 11.4 Å². The second-order valence-electron chi connectivity index (χ2n) is 5.47. The molecule has 0 heterocycles. The Morgan fingerprint density at radius 3 is 2.30 bits per heavy atom. The zero-order valence-electron chi connectivity index (χ0n) is 13.0. The van der Waals surface area contributed by atoms with E-state index in [9.17, 15) is 5.11 Å². The van der Waals surface area contributed by atoms with E-state index in [1.54, 1.807) is 18.3 Å². The van der Waals surface area contributed by atoms with Crippen LogP contribution in [0.15, 0.2) is 53.5 Å². The molecule has 1 saturated carbocycles. The standard InChI is InChI=1S/C13H10ClNO.C6H11N/c14-11-6-7-13(16)12(8-11)15-9-10-4-2-1-3-5-10;7-6-4-2-1-3-5-6/h1-9,16H;7H,1-5H2/b15-9+;. The van der Waals surface area contributed by atoms with Crippen molar-refractivity contribution in [2.24, 2.45) is 4.99 Å². The average molecular weight is 329 g/mol. The van der Waals surface area contributed by atoms with Crippen molar-refractivity contribution in [3.8, 4) is 5.75 Å². The maximum absolute atomic E-state index is 9.54. The summed E-state index contributed by atoms with van der Waals surface area (Å²) in [5, 5.41) is 17.3. The molecular weight excluding hydrogens is 308 g/mol. The first-order valence-corrected chi connectivity index (χ1v) is 8.17. The van der Waals surface area contributed by atoms with Crippen LogP contribution in [0.5, 0.6) is 5.75 Å². The van der Waals surface area contributed by atoms with Gasteiger partial charge in [-0.25, -0.2) is 0 Å². The summed E-state index contributed by atoms with van der Waals surface area (Å²) in [6, 6.07) is 14.4. The summed E-state index contributed by atoms with van der Waals surface area (Å²) in [4.78, 5) is 4.18. The zero-order valence-corrected chi connectivity index (χ0v) is 13.8. The minimum atomic E-state index is 0.122. The van der Waals surface area contributed by atoms with Crippen molar-refractivity contribution in [1.82, 2.24) is 0 Å². The highest BCUT2D eigenvalue weighted by atomic mass is 35.5. The molecule has 0 amide bonds. The molecule has 3 nitrogen and oxygen atoms in total. The molecule has 1 aliphatic rings. The molecular formula is C19H21ClN2O. The molecule has 0 spiro atoms. The number of hydrogen-bond donors (Lipinski definition) is 2. The van der Waals surface area contributed by atoms with Crippen LogP contribution in [-0.4, -0.2) is 17.0 Å². The number of phenols is 1. The molecule has 1 aliphatic carbocycles. The highest BCUT2D eigenvalue weighted by Gasteiger charge is 2.02. The Hall–Kier alpha value is -2.13. The Morgan fingerprint density at radius 2 is 1.70 bits per heavy atom. The molecule has 0 saturated heterocycles. The van der Waals surface area contributed by atoms with Gasteiger partial charge >= 0.3 is 0 Å². The van der Waals surface area contributed by atoms with Crippen LogP contribution in [0, 0.1) is 5.41 Å². The summed E-state index contributed by atoms with van der Waals surface area (Å²) in [6.45, 7) is 0. The Morgan fingerprint density at radius 1 is 1.00 bits per heavy atom. The number of nitrogens with zero attached hydrogens (tertiary/aromatic N) is 1. The second kappa shape index (κ2) is 9.11. The van der Waals surface area contributed by atoms with Crippen LogP contribution in [-0.2, 0) is 0 Å². The van der Waals surface area contributed by atoms with Crippen LogP contribution in [0.25, 0.3) is 0 Å². The van der Waals surface area contributed by atoms with Gasteiger partial charge in [0.05, 0.1) is 0 Å². The molecule has 4 heteroatoms. The van der Waals surface area contributed by atoms with Gasteiger partial charge in [0, 0.05) is 16.9 Å². The monoisotopic (exact) mass is 328 g/mol. The predicted molar refractivity (Wildman–Crippen MR) is 97.6 cm³/mol. The largest absolute Gasteiger partial charge is 0.506 e. The van der Waals surface area contributed by atoms with Gasteiger partial charge in [0.2, 0.25) is 0 Å². The second-order valence-corrected chi connectivity index (χ2v) is 5.90.